The summed E-state index contributed by atoms with van der Waals surface area (Å²) in [4.78, 5) is 69.3. The van der Waals surface area contributed by atoms with Crippen molar-refractivity contribution in [1.29, 1.82) is 0 Å². The molecule has 12 nitrogen and oxygen atoms in total. The molecule has 5 amide bonds. The highest BCUT2D eigenvalue weighted by Crippen LogP contribution is 2.31. The lowest BCUT2D eigenvalue weighted by Gasteiger charge is -2.39. The topological polar surface area (TPSA) is 146 Å². The fourth-order valence-electron chi connectivity index (χ4n) is 6.32. The second-order valence-corrected chi connectivity index (χ2v) is 13.6. The number of fused-ring (bicyclic) bond motifs is 3. The van der Waals surface area contributed by atoms with Crippen molar-refractivity contribution < 1.29 is 33.4 Å². The minimum Gasteiger partial charge on any atom is -0.377 e. The Labute approximate surface area is 265 Å². The maximum Gasteiger partial charge on any atom is 0.248 e. The van der Waals surface area contributed by atoms with Gasteiger partial charge in [-0.15, -0.1) is 0 Å². The van der Waals surface area contributed by atoms with Crippen LogP contribution < -0.4 is 16.0 Å². The van der Waals surface area contributed by atoms with Gasteiger partial charge in [0.25, 0.3) is 0 Å². The van der Waals surface area contributed by atoms with Gasteiger partial charge in [-0.25, -0.2) is 0 Å². The number of hydrogen-bond acceptors (Lipinski definition) is 7. The fraction of sp³-hybridized carbons (Fsp3) is 0.667. The number of rotatable bonds is 6. The molecule has 3 aliphatic heterocycles. The molecule has 12 heteroatoms. The zero-order chi connectivity index (χ0) is 32.4. The second kappa shape index (κ2) is 16.2. The number of ether oxygens (including phenoxy) is 2. The van der Waals surface area contributed by atoms with E-state index in [-0.39, 0.29) is 105 Å². The van der Waals surface area contributed by atoms with Gasteiger partial charge < -0.3 is 35.2 Å². The molecule has 4 rings (SSSR count). The quantitative estimate of drug-likeness (QED) is 0.430. The van der Waals surface area contributed by atoms with Gasteiger partial charge in [-0.2, -0.15) is 0 Å². The molecule has 1 aromatic rings. The van der Waals surface area contributed by atoms with Crippen LogP contribution in [0.4, 0.5) is 0 Å². The van der Waals surface area contributed by atoms with Gasteiger partial charge in [0.1, 0.15) is 12.6 Å². The van der Waals surface area contributed by atoms with Crippen LogP contribution in [0.3, 0.4) is 0 Å². The predicted octanol–water partition coefficient (Wildman–Crippen LogP) is 1.23. The summed E-state index contributed by atoms with van der Waals surface area (Å²) in [6.45, 7) is 8.31. The molecule has 2 bridgehead atoms. The molecule has 45 heavy (non-hydrogen) atoms. The van der Waals surface area contributed by atoms with E-state index in [9.17, 15) is 24.0 Å². The van der Waals surface area contributed by atoms with Gasteiger partial charge in [-0.1, -0.05) is 51.1 Å². The van der Waals surface area contributed by atoms with Crippen LogP contribution in [-0.4, -0.2) is 104 Å². The van der Waals surface area contributed by atoms with Gasteiger partial charge in [0.05, 0.1) is 19.8 Å². The van der Waals surface area contributed by atoms with Crippen molar-refractivity contribution in [1.82, 2.24) is 25.8 Å². The van der Waals surface area contributed by atoms with E-state index in [2.05, 4.69) is 16.0 Å². The van der Waals surface area contributed by atoms with Crippen molar-refractivity contribution in [2.24, 2.45) is 17.3 Å². The number of nitrogens with zero attached hydrogens (tertiary/aromatic N) is 2. The molecule has 0 radical (unpaired) electrons. The number of carbonyl (C=O) groups is 5. The van der Waals surface area contributed by atoms with Crippen LogP contribution in [0, 0.1) is 17.3 Å². The third-order valence-corrected chi connectivity index (χ3v) is 8.58. The SMILES string of the molecule is CC(C)(C)CC(=O)N[C@H]1C[C@H]2C(=O)NCCOCCOCC(=O)N3CC[C@@H](CC(=O)NCc4ccccc4)[C@@H](CC(=O)N2C1)C3. The average molecular weight is 628 g/mol. The minimum absolute atomic E-state index is 0.0802. The summed E-state index contributed by atoms with van der Waals surface area (Å²) in [5.41, 5.74) is 0.796. The van der Waals surface area contributed by atoms with E-state index < -0.39 is 6.04 Å². The van der Waals surface area contributed by atoms with Crippen LogP contribution in [0.2, 0.25) is 0 Å². The normalized spacial score (nSPS) is 25.6. The number of nitrogens with one attached hydrogen (secondary N) is 3. The van der Waals surface area contributed by atoms with Gasteiger partial charge in [0, 0.05) is 58.0 Å². The van der Waals surface area contributed by atoms with Crippen molar-refractivity contribution >= 4 is 29.5 Å². The lowest BCUT2D eigenvalue weighted by atomic mass is 9.80. The maximum absolute atomic E-state index is 14.0. The summed E-state index contributed by atoms with van der Waals surface area (Å²) in [7, 11) is 0. The monoisotopic (exact) mass is 627 g/mol. The lowest BCUT2D eigenvalue weighted by molar-refractivity contribution is -0.143. The fourth-order valence-corrected chi connectivity index (χ4v) is 6.32. The van der Waals surface area contributed by atoms with Crippen LogP contribution in [0.5, 0.6) is 0 Å². The summed E-state index contributed by atoms with van der Waals surface area (Å²) in [5.74, 6) is -1.32. The van der Waals surface area contributed by atoms with Crippen molar-refractivity contribution in [3.63, 3.8) is 0 Å². The Morgan fingerprint density at radius 3 is 2.49 bits per heavy atom. The number of carbonyl (C=O) groups excluding carboxylic acids is 5. The van der Waals surface area contributed by atoms with Crippen LogP contribution >= 0.6 is 0 Å². The summed E-state index contributed by atoms with van der Waals surface area (Å²) in [6.07, 6.45) is 1.52. The molecule has 0 unspecified atom stereocenters. The minimum atomic E-state index is -0.745. The second-order valence-electron chi connectivity index (χ2n) is 13.6. The number of hydrogen-bond donors (Lipinski definition) is 3. The number of amides is 5. The Kier molecular flexibility index (Phi) is 12.3. The van der Waals surface area contributed by atoms with Gasteiger partial charge in [-0.3, -0.25) is 24.0 Å². The van der Waals surface area contributed by atoms with Crippen LogP contribution in [-0.2, 0) is 40.0 Å². The number of piperidine rings is 1. The zero-order valence-electron chi connectivity index (χ0n) is 26.8. The first-order valence-corrected chi connectivity index (χ1v) is 16.1. The average Bonchev–Trinajstić information content (AvgIpc) is 3.41. The smallest absolute Gasteiger partial charge is 0.248 e. The third kappa shape index (κ3) is 10.8. The Hall–Kier alpha value is -3.51. The molecule has 3 saturated heterocycles. The molecule has 0 spiro atoms. The van der Waals surface area contributed by atoms with Crippen molar-refractivity contribution in [3.05, 3.63) is 35.9 Å². The standard InChI is InChI=1S/C33H49N5O7/c1-33(2,3)18-29(40)36-26-17-27-32(43)34-10-12-44-13-14-45-22-31(42)37-11-9-24(25(20-37)16-30(41)38(27)21-26)15-28(39)35-19-23-7-5-4-6-8-23/h4-8,24-27H,9-22H2,1-3H3,(H,34,43)(H,35,39)(H,36,40)/t24-,25-,26-,27-/m0/s1. The van der Waals surface area contributed by atoms with E-state index >= 15 is 0 Å². The summed E-state index contributed by atoms with van der Waals surface area (Å²) in [6, 6.07) is 8.55. The largest absolute Gasteiger partial charge is 0.377 e. The predicted molar refractivity (Wildman–Crippen MR) is 166 cm³/mol. The molecule has 3 fully saturated rings. The Bertz CT molecular complexity index is 1190. The highest BCUT2D eigenvalue weighted by molar-refractivity contribution is 5.89. The van der Waals surface area contributed by atoms with Crippen LogP contribution in [0.1, 0.15) is 58.4 Å². The number of benzene rings is 1. The first-order valence-electron chi connectivity index (χ1n) is 16.1. The highest BCUT2D eigenvalue weighted by atomic mass is 16.5. The molecule has 248 valence electrons. The molecule has 0 aliphatic carbocycles. The molecule has 3 heterocycles. The molecule has 0 saturated carbocycles. The van der Waals surface area contributed by atoms with Gasteiger partial charge in [-0.05, 0) is 35.7 Å². The maximum atomic E-state index is 14.0. The molecule has 0 aromatic heterocycles. The van der Waals surface area contributed by atoms with E-state index in [1.807, 2.05) is 51.1 Å². The summed E-state index contributed by atoms with van der Waals surface area (Å²) >= 11 is 0. The van der Waals surface area contributed by atoms with Gasteiger partial charge in [0.15, 0.2) is 0 Å². The van der Waals surface area contributed by atoms with Crippen LogP contribution in [0.15, 0.2) is 30.3 Å². The third-order valence-electron chi connectivity index (χ3n) is 8.58. The molecule has 4 atom stereocenters. The Morgan fingerprint density at radius 2 is 1.73 bits per heavy atom. The molecular weight excluding hydrogens is 578 g/mol. The Morgan fingerprint density at radius 1 is 0.978 bits per heavy atom. The first-order chi connectivity index (χ1) is 21.5. The summed E-state index contributed by atoms with van der Waals surface area (Å²) < 4.78 is 11.1. The first kappa shape index (κ1) is 34.4. The van der Waals surface area contributed by atoms with Crippen molar-refractivity contribution in [2.75, 3.05) is 52.6 Å². The van der Waals surface area contributed by atoms with Crippen LogP contribution in [0.25, 0.3) is 0 Å². The van der Waals surface area contributed by atoms with E-state index in [0.717, 1.165) is 5.56 Å². The van der Waals surface area contributed by atoms with E-state index in [4.69, 9.17) is 9.47 Å². The van der Waals surface area contributed by atoms with Crippen molar-refractivity contribution in [3.8, 4) is 0 Å². The lowest BCUT2D eigenvalue weighted by Crippen LogP contribution is -2.50. The molecule has 3 aliphatic rings. The molecule has 3 N–H and O–H groups in total. The van der Waals surface area contributed by atoms with E-state index in [1.54, 1.807) is 9.80 Å². The highest BCUT2D eigenvalue weighted by Gasteiger charge is 2.42. The van der Waals surface area contributed by atoms with Crippen molar-refractivity contribution in [2.45, 2.75) is 71.5 Å². The van der Waals surface area contributed by atoms with Gasteiger partial charge in [0.2, 0.25) is 29.5 Å². The van der Waals surface area contributed by atoms with E-state index in [0.29, 0.717) is 38.9 Å². The summed E-state index contributed by atoms with van der Waals surface area (Å²) in [5, 5.41) is 8.88. The Balaban J connectivity index is 1.49. The van der Waals surface area contributed by atoms with E-state index in [1.165, 1.54) is 0 Å². The molecule has 1 aromatic carbocycles. The van der Waals surface area contributed by atoms with Gasteiger partial charge >= 0.3 is 0 Å². The zero-order valence-corrected chi connectivity index (χ0v) is 26.8. The molecular formula is C33H49N5O7.